The first-order valence-electron chi connectivity index (χ1n) is 12.3. The van der Waals surface area contributed by atoms with E-state index in [1.54, 1.807) is 16.2 Å². The van der Waals surface area contributed by atoms with Crippen LogP contribution in [-0.2, 0) is 6.54 Å². The number of hydrogen-bond donors (Lipinski definition) is 2. The summed E-state index contributed by atoms with van der Waals surface area (Å²) in [5.74, 6) is -0.0981. The van der Waals surface area contributed by atoms with Crippen molar-refractivity contribution in [1.82, 2.24) is 9.97 Å². The number of phenols is 2. The zero-order valence-electron chi connectivity index (χ0n) is 20.7. The molecule has 0 atom stereocenters. The average molecular weight is 530 g/mol. The van der Waals surface area contributed by atoms with Gasteiger partial charge in [-0.15, -0.1) is 0 Å². The third-order valence-corrected chi connectivity index (χ3v) is 7.16. The van der Waals surface area contributed by atoms with Crippen LogP contribution in [0.5, 0.6) is 11.5 Å². The largest absolute Gasteiger partial charge is 0.508 e. The van der Waals surface area contributed by atoms with Crippen LogP contribution in [0.25, 0.3) is 33.5 Å². The van der Waals surface area contributed by atoms with Crippen molar-refractivity contribution in [2.75, 3.05) is 4.90 Å². The van der Waals surface area contributed by atoms with Crippen molar-refractivity contribution in [3.8, 4) is 34.1 Å². The van der Waals surface area contributed by atoms with Gasteiger partial charge in [0.2, 0.25) is 0 Å². The lowest BCUT2D eigenvalue weighted by Crippen LogP contribution is -2.30. The number of anilines is 1. The number of thiophene rings is 1. The number of fused-ring (bicyclic) bond motifs is 1. The summed E-state index contributed by atoms with van der Waals surface area (Å²) in [6.45, 7) is 0.304. The molecule has 0 aliphatic heterocycles. The molecule has 0 fully saturated rings. The summed E-state index contributed by atoms with van der Waals surface area (Å²) in [5.41, 5.74) is 5.24. The van der Waals surface area contributed by atoms with E-state index in [0.717, 1.165) is 33.3 Å². The molecule has 6 rings (SSSR count). The van der Waals surface area contributed by atoms with Crippen LogP contribution in [0.3, 0.4) is 0 Å². The second-order valence-electron chi connectivity index (χ2n) is 9.05. The highest BCUT2D eigenvalue weighted by molar-refractivity contribution is 7.08. The molecular formula is C32H23N3O3S. The summed E-state index contributed by atoms with van der Waals surface area (Å²) in [7, 11) is 0. The van der Waals surface area contributed by atoms with Gasteiger partial charge in [0, 0.05) is 33.6 Å². The Kier molecular flexibility index (Phi) is 6.49. The number of hydrogen-bond acceptors (Lipinski definition) is 6. The molecule has 0 spiro atoms. The number of phenolic OH excluding ortho intramolecular Hbond substituents is 2. The van der Waals surface area contributed by atoms with Crippen molar-refractivity contribution < 1.29 is 15.0 Å². The minimum atomic E-state index is -0.378. The van der Waals surface area contributed by atoms with Gasteiger partial charge in [0.1, 0.15) is 11.5 Å². The third kappa shape index (κ3) is 4.95. The summed E-state index contributed by atoms with van der Waals surface area (Å²) >= 11 is 1.60. The molecule has 2 heterocycles. The number of nitrogens with zero attached hydrogens (tertiary/aromatic N) is 3. The summed E-state index contributed by atoms with van der Waals surface area (Å²) in [6.07, 6.45) is 0. The normalized spacial score (nSPS) is 11.0. The molecule has 1 amide bonds. The monoisotopic (exact) mass is 529 g/mol. The molecule has 2 N–H and O–H groups in total. The van der Waals surface area contributed by atoms with E-state index in [4.69, 9.17) is 9.97 Å². The number of rotatable bonds is 6. The van der Waals surface area contributed by atoms with Crippen LogP contribution >= 0.6 is 11.3 Å². The Labute approximate surface area is 229 Å². The van der Waals surface area contributed by atoms with Crippen LogP contribution in [0, 0.1) is 0 Å². The molecule has 0 aliphatic carbocycles. The van der Waals surface area contributed by atoms with Gasteiger partial charge in [-0.2, -0.15) is 11.3 Å². The standard InChI is InChI=1S/C32H23N3O3S/c36-25-14-15-27(29(37)18-25)32(38)35(19-21-6-2-1-3-7-21)24-12-10-22(11-13-24)30-26-8-4-5-9-28(26)33-31(34-30)23-16-17-39-20-23/h1-18,20,36-37H,19H2. The molecule has 6 nitrogen and oxygen atoms in total. The Morgan fingerprint density at radius 1 is 0.795 bits per heavy atom. The zero-order chi connectivity index (χ0) is 26.8. The Hall–Kier alpha value is -5.01. The predicted molar refractivity (Wildman–Crippen MR) is 155 cm³/mol. The van der Waals surface area contributed by atoms with Crippen molar-refractivity contribution in [3.05, 3.63) is 125 Å². The summed E-state index contributed by atoms with van der Waals surface area (Å²) in [6, 6.07) is 31.2. The number of amides is 1. The van der Waals surface area contributed by atoms with Gasteiger partial charge in [-0.05, 0) is 47.3 Å². The Balaban J connectivity index is 1.41. The third-order valence-electron chi connectivity index (χ3n) is 6.48. The van der Waals surface area contributed by atoms with Crippen molar-refractivity contribution in [1.29, 1.82) is 0 Å². The fourth-order valence-electron chi connectivity index (χ4n) is 4.51. The van der Waals surface area contributed by atoms with Gasteiger partial charge in [-0.25, -0.2) is 9.97 Å². The average Bonchev–Trinajstić information content (AvgIpc) is 3.51. The number of aromatic hydroxyl groups is 2. The Morgan fingerprint density at radius 2 is 1.56 bits per heavy atom. The molecule has 4 aromatic carbocycles. The van der Waals surface area contributed by atoms with E-state index in [2.05, 4.69) is 0 Å². The molecule has 7 heteroatoms. The molecular weight excluding hydrogens is 506 g/mol. The SMILES string of the molecule is O=C(c1ccc(O)cc1O)N(Cc1ccccc1)c1ccc(-c2nc(-c3ccsc3)nc3ccccc23)cc1. The summed E-state index contributed by atoms with van der Waals surface area (Å²) in [5, 5.41) is 25.1. The lowest BCUT2D eigenvalue weighted by Gasteiger charge is -2.24. The van der Waals surface area contributed by atoms with Gasteiger partial charge >= 0.3 is 0 Å². The molecule has 0 saturated heterocycles. The van der Waals surface area contributed by atoms with E-state index in [0.29, 0.717) is 18.1 Å². The van der Waals surface area contributed by atoms with Crippen LogP contribution in [0.2, 0.25) is 0 Å². The molecule has 190 valence electrons. The lowest BCUT2D eigenvalue weighted by molar-refractivity contribution is 0.0982. The van der Waals surface area contributed by atoms with E-state index < -0.39 is 0 Å². The van der Waals surface area contributed by atoms with Crippen molar-refractivity contribution in [3.63, 3.8) is 0 Å². The first-order valence-corrected chi connectivity index (χ1v) is 13.3. The fourth-order valence-corrected chi connectivity index (χ4v) is 5.14. The quantitative estimate of drug-likeness (QED) is 0.237. The van der Waals surface area contributed by atoms with Gasteiger partial charge in [-0.1, -0.05) is 60.7 Å². The van der Waals surface area contributed by atoms with Gasteiger partial charge < -0.3 is 15.1 Å². The highest BCUT2D eigenvalue weighted by atomic mass is 32.1. The predicted octanol–water partition coefficient (Wildman–Crippen LogP) is 7.28. The maximum Gasteiger partial charge on any atom is 0.262 e. The van der Waals surface area contributed by atoms with E-state index in [9.17, 15) is 15.0 Å². The summed E-state index contributed by atoms with van der Waals surface area (Å²) < 4.78 is 0. The first-order chi connectivity index (χ1) is 19.1. The van der Waals surface area contributed by atoms with Crippen molar-refractivity contribution in [2.45, 2.75) is 6.54 Å². The zero-order valence-corrected chi connectivity index (χ0v) is 21.5. The molecule has 0 aliphatic rings. The van der Waals surface area contributed by atoms with Crippen LogP contribution < -0.4 is 4.90 Å². The Morgan fingerprint density at radius 3 is 2.31 bits per heavy atom. The molecule has 6 aromatic rings. The van der Waals surface area contributed by atoms with Crippen LogP contribution in [0.15, 0.2) is 114 Å². The van der Waals surface area contributed by atoms with Crippen LogP contribution in [0.1, 0.15) is 15.9 Å². The Bertz CT molecular complexity index is 1770. The number of benzene rings is 4. The van der Waals surface area contributed by atoms with Gasteiger partial charge in [-0.3, -0.25) is 4.79 Å². The smallest absolute Gasteiger partial charge is 0.262 e. The van der Waals surface area contributed by atoms with Crippen molar-refractivity contribution in [2.24, 2.45) is 0 Å². The second-order valence-corrected chi connectivity index (χ2v) is 9.83. The number of aromatic nitrogens is 2. The highest BCUT2D eigenvalue weighted by Gasteiger charge is 2.22. The number of para-hydroxylation sites is 1. The molecule has 2 aromatic heterocycles. The second kappa shape index (κ2) is 10.4. The fraction of sp³-hybridized carbons (Fsp3) is 0.0312. The van der Waals surface area contributed by atoms with Gasteiger partial charge in [0.15, 0.2) is 5.82 Å². The van der Waals surface area contributed by atoms with Gasteiger partial charge in [0.05, 0.1) is 23.3 Å². The molecule has 0 radical (unpaired) electrons. The molecule has 0 unspecified atom stereocenters. The first kappa shape index (κ1) is 24.3. The number of carbonyl (C=O) groups is 1. The topological polar surface area (TPSA) is 86.5 Å². The molecule has 39 heavy (non-hydrogen) atoms. The lowest BCUT2D eigenvalue weighted by atomic mass is 10.0. The van der Waals surface area contributed by atoms with Gasteiger partial charge in [0.25, 0.3) is 5.91 Å². The highest BCUT2D eigenvalue weighted by Crippen LogP contribution is 2.32. The minimum Gasteiger partial charge on any atom is -0.508 e. The van der Waals surface area contributed by atoms with E-state index >= 15 is 0 Å². The van der Waals surface area contributed by atoms with Crippen LogP contribution in [0.4, 0.5) is 5.69 Å². The van der Waals surface area contributed by atoms with E-state index in [-0.39, 0.29) is 23.0 Å². The van der Waals surface area contributed by atoms with E-state index in [1.807, 2.05) is 95.7 Å². The molecule has 0 saturated carbocycles. The van der Waals surface area contributed by atoms with Crippen LogP contribution in [-0.4, -0.2) is 26.1 Å². The van der Waals surface area contributed by atoms with E-state index in [1.165, 1.54) is 18.2 Å². The summed E-state index contributed by atoms with van der Waals surface area (Å²) in [4.78, 5) is 24.9. The molecule has 0 bridgehead atoms. The minimum absolute atomic E-state index is 0.106. The number of carbonyl (C=O) groups excluding carboxylic acids is 1. The maximum absolute atomic E-state index is 13.7. The van der Waals surface area contributed by atoms with Crippen molar-refractivity contribution >= 4 is 33.8 Å². The maximum atomic E-state index is 13.7.